The topological polar surface area (TPSA) is 60.8 Å². The molecule has 0 aliphatic heterocycles. The highest BCUT2D eigenvalue weighted by Crippen LogP contribution is 2.31. The van der Waals surface area contributed by atoms with Crippen LogP contribution in [0.4, 0.5) is 5.82 Å². The maximum atomic E-state index is 9.98. The second kappa shape index (κ2) is 10.9. The Morgan fingerprint density at radius 2 is 2.03 bits per heavy atom. The number of nitrogens with one attached hydrogen (secondary N) is 1. The number of hydrogen-bond acceptors (Lipinski definition) is 5. The summed E-state index contributed by atoms with van der Waals surface area (Å²) >= 11 is 0. The van der Waals surface area contributed by atoms with Gasteiger partial charge < -0.3 is 15.3 Å². The standard InChI is InChI=1S/C27H34N4O/c1-6-19(17-28-3)25-13-14-26(30-27(25)29-23-11-12-24(32)16-23)22-10-8-9-21(15-22)20(7-2)18-31(4)5/h6-10,13-15,17-18,23-24,32H,2,11-12,16H2,1,3-5H3,(H,29,30)/b19-6+,20-18+,28-17?/t23?,24-/m0/s1. The Morgan fingerprint density at radius 3 is 2.66 bits per heavy atom. The molecule has 1 aliphatic carbocycles. The maximum Gasteiger partial charge on any atom is 0.134 e. The van der Waals surface area contributed by atoms with Crippen LogP contribution in [0.3, 0.4) is 0 Å². The van der Waals surface area contributed by atoms with Crippen LogP contribution in [0, 0.1) is 0 Å². The zero-order valence-corrected chi connectivity index (χ0v) is 19.5. The molecule has 168 valence electrons. The first-order valence-corrected chi connectivity index (χ1v) is 11.1. The summed E-state index contributed by atoms with van der Waals surface area (Å²) in [5.74, 6) is 0.827. The first-order valence-electron chi connectivity index (χ1n) is 11.1. The van der Waals surface area contributed by atoms with Gasteiger partial charge in [0, 0.05) is 50.7 Å². The van der Waals surface area contributed by atoms with Gasteiger partial charge in [-0.1, -0.05) is 36.9 Å². The lowest BCUT2D eigenvalue weighted by Crippen LogP contribution is -2.18. The normalized spacial score (nSPS) is 19.4. The van der Waals surface area contributed by atoms with Gasteiger partial charge >= 0.3 is 0 Å². The molecular weight excluding hydrogens is 396 g/mol. The second-order valence-corrected chi connectivity index (χ2v) is 8.37. The van der Waals surface area contributed by atoms with Gasteiger partial charge in [0.15, 0.2) is 0 Å². The van der Waals surface area contributed by atoms with Crippen LogP contribution in [0.2, 0.25) is 0 Å². The van der Waals surface area contributed by atoms with Crippen LogP contribution in [0.5, 0.6) is 0 Å². The molecule has 0 spiro atoms. The summed E-state index contributed by atoms with van der Waals surface area (Å²) in [7, 11) is 5.78. The summed E-state index contributed by atoms with van der Waals surface area (Å²) in [6.07, 6.45) is 10.1. The number of aromatic nitrogens is 1. The molecule has 1 fully saturated rings. The van der Waals surface area contributed by atoms with Crippen molar-refractivity contribution in [1.82, 2.24) is 9.88 Å². The molecule has 1 aromatic heterocycles. The minimum Gasteiger partial charge on any atom is -0.393 e. The van der Waals surface area contributed by atoms with Crippen molar-refractivity contribution in [2.45, 2.75) is 38.3 Å². The highest BCUT2D eigenvalue weighted by Gasteiger charge is 2.24. The predicted octanol–water partition coefficient (Wildman–Crippen LogP) is 5.27. The third-order valence-corrected chi connectivity index (χ3v) is 5.64. The molecule has 5 nitrogen and oxygen atoms in total. The van der Waals surface area contributed by atoms with Crippen LogP contribution in [0.15, 0.2) is 66.3 Å². The molecular formula is C27H34N4O. The number of pyridine rings is 1. The van der Waals surface area contributed by atoms with Crippen LogP contribution in [0.1, 0.15) is 37.3 Å². The number of benzene rings is 1. The lowest BCUT2D eigenvalue weighted by molar-refractivity contribution is 0.182. The van der Waals surface area contributed by atoms with Crippen LogP contribution >= 0.6 is 0 Å². The van der Waals surface area contributed by atoms with Gasteiger partial charge in [0.25, 0.3) is 0 Å². The highest BCUT2D eigenvalue weighted by molar-refractivity contribution is 6.11. The number of aliphatic imine (C=N–C) groups is 1. The van der Waals surface area contributed by atoms with Crippen molar-refractivity contribution in [2.24, 2.45) is 4.99 Å². The molecule has 2 atom stereocenters. The Bertz CT molecular complexity index is 1040. The van der Waals surface area contributed by atoms with E-state index in [1.165, 1.54) is 0 Å². The third-order valence-electron chi connectivity index (χ3n) is 5.64. The SMILES string of the molecule is C=C/C(=C\N(C)C)c1cccc(-c2ccc(/C(C=NC)=C/C)c(NC3CC[C@H](O)C3)n2)c1. The van der Waals surface area contributed by atoms with Gasteiger partial charge in [0.2, 0.25) is 0 Å². The molecule has 32 heavy (non-hydrogen) atoms. The van der Waals surface area contributed by atoms with Crippen LogP contribution < -0.4 is 5.32 Å². The molecule has 1 saturated carbocycles. The molecule has 0 bridgehead atoms. The van der Waals surface area contributed by atoms with E-state index in [9.17, 15) is 5.11 Å². The van der Waals surface area contributed by atoms with Crippen molar-refractivity contribution in [3.63, 3.8) is 0 Å². The number of allylic oxidation sites excluding steroid dienone is 4. The molecule has 2 N–H and O–H groups in total. The first-order chi connectivity index (χ1) is 15.4. The minimum absolute atomic E-state index is 0.213. The lowest BCUT2D eigenvalue weighted by Gasteiger charge is -2.18. The average molecular weight is 431 g/mol. The fourth-order valence-corrected chi connectivity index (χ4v) is 4.07. The molecule has 5 heteroatoms. The Balaban J connectivity index is 2.03. The Kier molecular flexibility index (Phi) is 8.01. The number of aliphatic hydroxyl groups excluding tert-OH is 1. The van der Waals surface area contributed by atoms with Crippen LogP contribution in [-0.4, -0.2) is 54.5 Å². The number of hydrogen-bond donors (Lipinski definition) is 2. The molecule has 1 aliphatic rings. The number of aliphatic hydroxyl groups is 1. The summed E-state index contributed by atoms with van der Waals surface area (Å²) in [4.78, 5) is 11.2. The first kappa shape index (κ1) is 23.5. The maximum absolute atomic E-state index is 9.98. The Hall–Kier alpha value is -3.18. The van der Waals surface area contributed by atoms with E-state index in [0.29, 0.717) is 0 Å². The Morgan fingerprint density at radius 1 is 1.22 bits per heavy atom. The van der Waals surface area contributed by atoms with E-state index in [0.717, 1.165) is 58.6 Å². The molecule has 1 aromatic carbocycles. The van der Waals surface area contributed by atoms with E-state index in [1.807, 2.05) is 44.3 Å². The van der Waals surface area contributed by atoms with Gasteiger partial charge in [0.05, 0.1) is 11.8 Å². The third kappa shape index (κ3) is 5.74. The zero-order chi connectivity index (χ0) is 23.1. The van der Waals surface area contributed by atoms with Crippen molar-refractivity contribution in [2.75, 3.05) is 26.5 Å². The van der Waals surface area contributed by atoms with Gasteiger partial charge in [-0.3, -0.25) is 4.99 Å². The lowest BCUT2D eigenvalue weighted by atomic mass is 10.0. The van der Waals surface area contributed by atoms with Gasteiger partial charge in [-0.25, -0.2) is 4.98 Å². The van der Waals surface area contributed by atoms with E-state index in [-0.39, 0.29) is 12.1 Å². The molecule has 3 rings (SSSR count). The number of nitrogens with zero attached hydrogens (tertiary/aromatic N) is 3. The molecule has 0 amide bonds. The van der Waals surface area contributed by atoms with Gasteiger partial charge in [-0.05, 0) is 61.1 Å². The molecule has 0 saturated heterocycles. The number of rotatable bonds is 8. The average Bonchev–Trinajstić information content (AvgIpc) is 3.20. The van der Waals surface area contributed by atoms with Crippen LogP contribution in [-0.2, 0) is 0 Å². The fourth-order valence-electron chi connectivity index (χ4n) is 4.07. The summed E-state index contributed by atoms with van der Waals surface area (Å²) in [6, 6.07) is 12.7. The summed E-state index contributed by atoms with van der Waals surface area (Å²) in [6.45, 7) is 5.97. The van der Waals surface area contributed by atoms with Gasteiger partial charge in [-0.2, -0.15) is 0 Å². The van der Waals surface area contributed by atoms with Crippen molar-refractivity contribution in [3.8, 4) is 11.3 Å². The van der Waals surface area contributed by atoms with E-state index in [2.05, 4.69) is 59.5 Å². The summed E-state index contributed by atoms with van der Waals surface area (Å²) in [5, 5.41) is 13.6. The van der Waals surface area contributed by atoms with Crippen molar-refractivity contribution >= 4 is 23.2 Å². The minimum atomic E-state index is -0.241. The van der Waals surface area contributed by atoms with Crippen molar-refractivity contribution in [1.29, 1.82) is 0 Å². The summed E-state index contributed by atoms with van der Waals surface area (Å²) in [5.41, 5.74) is 6.12. The van der Waals surface area contributed by atoms with Crippen molar-refractivity contribution < 1.29 is 5.11 Å². The van der Waals surface area contributed by atoms with E-state index >= 15 is 0 Å². The van der Waals surface area contributed by atoms with Gasteiger partial charge in [0.1, 0.15) is 5.82 Å². The highest BCUT2D eigenvalue weighted by atomic mass is 16.3. The second-order valence-electron chi connectivity index (χ2n) is 8.37. The predicted molar refractivity (Wildman–Crippen MR) is 137 cm³/mol. The van der Waals surface area contributed by atoms with E-state index in [1.54, 1.807) is 7.05 Å². The summed E-state index contributed by atoms with van der Waals surface area (Å²) < 4.78 is 0. The van der Waals surface area contributed by atoms with E-state index in [4.69, 9.17) is 4.98 Å². The van der Waals surface area contributed by atoms with Crippen LogP contribution in [0.25, 0.3) is 22.4 Å². The number of anilines is 1. The molecule has 1 unspecified atom stereocenters. The largest absolute Gasteiger partial charge is 0.393 e. The quantitative estimate of drug-likeness (QED) is 0.443. The monoisotopic (exact) mass is 430 g/mol. The Labute approximate surface area is 191 Å². The van der Waals surface area contributed by atoms with Crippen molar-refractivity contribution in [3.05, 3.63) is 72.5 Å². The molecule has 2 aromatic rings. The smallest absolute Gasteiger partial charge is 0.134 e. The fraction of sp³-hybridized carbons (Fsp3) is 0.333. The van der Waals surface area contributed by atoms with E-state index < -0.39 is 0 Å². The molecule has 1 heterocycles. The molecule has 0 radical (unpaired) electrons. The zero-order valence-electron chi connectivity index (χ0n) is 19.5. The van der Waals surface area contributed by atoms with Gasteiger partial charge in [-0.15, -0.1) is 0 Å².